The minimum absolute atomic E-state index is 0.203. The predicted molar refractivity (Wildman–Crippen MR) is 225 cm³/mol. The number of likely N-dealkylation sites (N-methyl/N-ethyl adjacent to an activating group) is 2. The van der Waals surface area contributed by atoms with Crippen LogP contribution in [-0.2, 0) is 52.8 Å². The van der Waals surface area contributed by atoms with E-state index in [4.69, 9.17) is 20.9 Å². The molecular weight excluding hydrogens is 787 g/mol. The van der Waals surface area contributed by atoms with Gasteiger partial charge in [-0.25, -0.2) is 9.59 Å². The first-order valence-corrected chi connectivity index (χ1v) is 20.1. The Kier molecular flexibility index (Phi) is 14.3. The van der Waals surface area contributed by atoms with Crippen molar-refractivity contribution in [3.8, 4) is 0 Å². The van der Waals surface area contributed by atoms with Gasteiger partial charge in [-0.05, 0) is 73.9 Å². The average Bonchev–Trinajstić information content (AvgIpc) is 3.91. The van der Waals surface area contributed by atoms with E-state index < -0.39 is 71.2 Å². The number of carboxylic acid groups (broad SMARTS) is 2. The van der Waals surface area contributed by atoms with Crippen molar-refractivity contribution in [3.63, 3.8) is 0 Å². The highest BCUT2D eigenvalue weighted by molar-refractivity contribution is 5.96. The number of ether oxygens (including phenoxy) is 2. The van der Waals surface area contributed by atoms with Crippen molar-refractivity contribution in [2.75, 3.05) is 46.3 Å². The third-order valence-electron chi connectivity index (χ3n) is 12.4. The van der Waals surface area contributed by atoms with Gasteiger partial charge in [-0.3, -0.25) is 29.0 Å². The molecule has 0 aliphatic carbocycles. The number of methoxy groups -OCH3 is 2. The van der Waals surface area contributed by atoms with E-state index in [1.807, 2.05) is 54.6 Å². The fourth-order valence-electron chi connectivity index (χ4n) is 8.90. The molecule has 328 valence electrons. The molecule has 6 N–H and O–H groups in total. The number of carbonyl (C=O) groups is 6. The second kappa shape index (κ2) is 19.0. The van der Waals surface area contributed by atoms with Gasteiger partial charge in [0.25, 0.3) is 0 Å². The summed E-state index contributed by atoms with van der Waals surface area (Å²) in [4.78, 5) is 85.6. The molecule has 0 aromatic heterocycles. The lowest BCUT2D eigenvalue weighted by atomic mass is 9.85. The van der Waals surface area contributed by atoms with Gasteiger partial charge >= 0.3 is 12.2 Å². The summed E-state index contributed by atoms with van der Waals surface area (Å²) < 4.78 is 10.8. The van der Waals surface area contributed by atoms with Gasteiger partial charge in [0.15, 0.2) is 0 Å². The molecule has 0 saturated carbocycles. The number of nitrogens with two attached hydrogens (primary N) is 2. The highest BCUT2D eigenvalue weighted by Crippen LogP contribution is 2.42. The first-order chi connectivity index (χ1) is 29.0. The van der Waals surface area contributed by atoms with Crippen LogP contribution in [0.25, 0.3) is 0 Å². The Morgan fingerprint density at radius 3 is 1.31 bits per heavy atom. The van der Waals surface area contributed by atoms with Gasteiger partial charge < -0.3 is 45.9 Å². The summed E-state index contributed by atoms with van der Waals surface area (Å²) in [5.74, 6) is -2.60. The maximum Gasteiger partial charge on any atom is 0.407 e. The molecule has 5 rings (SSSR count). The molecule has 17 heteroatoms. The predicted octanol–water partition coefficient (Wildman–Crippen LogP) is 3.53. The number of primary amides is 2. The second-order valence-electron chi connectivity index (χ2n) is 15.8. The molecule has 2 fully saturated rings. The molecular formula is C44H57N7O10. The van der Waals surface area contributed by atoms with Crippen molar-refractivity contribution < 1.29 is 48.5 Å². The number of benzene rings is 3. The number of hydrogen-bond acceptors (Lipinski definition) is 9. The quantitative estimate of drug-likeness (QED) is 0.154. The number of nitrogens with zero attached hydrogens (tertiary/aromatic N) is 5. The molecule has 61 heavy (non-hydrogen) atoms. The van der Waals surface area contributed by atoms with Crippen molar-refractivity contribution in [3.05, 3.63) is 101 Å². The fraction of sp³-hybridized carbons (Fsp3) is 0.455. The maximum absolute atomic E-state index is 14.1. The van der Waals surface area contributed by atoms with Crippen molar-refractivity contribution in [2.45, 2.75) is 88.0 Å². The van der Waals surface area contributed by atoms with Crippen LogP contribution in [0.15, 0.2) is 78.9 Å². The molecule has 0 bridgehead atoms. The zero-order valence-corrected chi connectivity index (χ0v) is 35.5. The van der Waals surface area contributed by atoms with Crippen LogP contribution in [0.1, 0.15) is 61.8 Å². The number of anilines is 1. The van der Waals surface area contributed by atoms with Crippen LogP contribution in [0.4, 0.5) is 15.3 Å². The van der Waals surface area contributed by atoms with Gasteiger partial charge in [0.1, 0.15) is 23.2 Å². The van der Waals surface area contributed by atoms with Crippen LogP contribution in [0.2, 0.25) is 0 Å². The first kappa shape index (κ1) is 45.9. The topological polar surface area (TPSA) is 230 Å². The molecule has 2 saturated heterocycles. The van der Waals surface area contributed by atoms with Crippen LogP contribution in [0, 0.1) is 0 Å². The van der Waals surface area contributed by atoms with Crippen LogP contribution >= 0.6 is 0 Å². The summed E-state index contributed by atoms with van der Waals surface area (Å²) in [6.45, 7) is 4.46. The van der Waals surface area contributed by atoms with E-state index in [9.17, 15) is 39.0 Å². The van der Waals surface area contributed by atoms with Gasteiger partial charge in [0.2, 0.25) is 23.6 Å². The summed E-state index contributed by atoms with van der Waals surface area (Å²) in [5.41, 5.74) is 12.9. The van der Waals surface area contributed by atoms with Gasteiger partial charge in [-0.15, -0.1) is 0 Å². The Bertz CT molecular complexity index is 1940. The highest BCUT2D eigenvalue weighted by atomic mass is 16.5. The largest absolute Gasteiger partial charge is 0.465 e. The Morgan fingerprint density at radius 2 is 1.00 bits per heavy atom. The molecule has 3 aromatic carbocycles. The zero-order chi connectivity index (χ0) is 44.8. The van der Waals surface area contributed by atoms with Crippen LogP contribution in [-0.4, -0.2) is 131 Å². The lowest BCUT2D eigenvalue weighted by Gasteiger charge is -2.40. The fourth-order valence-corrected chi connectivity index (χ4v) is 8.90. The molecule has 3 aromatic rings. The molecule has 6 atom stereocenters. The van der Waals surface area contributed by atoms with Gasteiger partial charge in [0.05, 0.1) is 12.2 Å². The van der Waals surface area contributed by atoms with Crippen molar-refractivity contribution in [1.29, 1.82) is 0 Å². The highest BCUT2D eigenvalue weighted by Gasteiger charge is 2.54. The van der Waals surface area contributed by atoms with E-state index in [1.165, 1.54) is 38.1 Å². The van der Waals surface area contributed by atoms with E-state index in [2.05, 4.69) is 4.90 Å². The summed E-state index contributed by atoms with van der Waals surface area (Å²) >= 11 is 0. The first-order valence-electron chi connectivity index (χ1n) is 20.1. The minimum Gasteiger partial charge on any atom is -0.465 e. The third kappa shape index (κ3) is 8.84. The van der Waals surface area contributed by atoms with Crippen LogP contribution in [0.3, 0.4) is 0 Å². The molecule has 2 heterocycles. The summed E-state index contributed by atoms with van der Waals surface area (Å²) in [6.07, 6.45) is -2.75. The molecule has 0 radical (unpaired) electrons. The van der Waals surface area contributed by atoms with Gasteiger partial charge in [-0.2, -0.15) is 0 Å². The zero-order valence-electron chi connectivity index (χ0n) is 35.5. The average molecular weight is 844 g/mol. The minimum atomic E-state index is -1.50. The van der Waals surface area contributed by atoms with Gasteiger partial charge in [0, 0.05) is 60.2 Å². The summed E-state index contributed by atoms with van der Waals surface area (Å²) in [6, 6.07) is 21.9. The van der Waals surface area contributed by atoms with Crippen molar-refractivity contribution in [1.82, 2.24) is 19.6 Å². The summed E-state index contributed by atoms with van der Waals surface area (Å²) in [5, 5.41) is 19.5. The van der Waals surface area contributed by atoms with Gasteiger partial charge in [-0.1, -0.05) is 66.7 Å². The normalized spacial score (nSPS) is 20.6. The number of amides is 6. The lowest BCUT2D eigenvalue weighted by Crippen LogP contribution is -2.61. The number of likely N-dealkylation sites (tertiary alicyclic amines) is 2. The maximum atomic E-state index is 14.1. The number of para-hydroxylation sites is 1. The SMILES string of the molecule is CO[C@H](C)[C@@H](C(=O)N1CCC[C@@]1(C(N)=O)c1ccc(CN(Cc2ccc([C@]3(C(N)=O)CCCN3C(=O)[C@H]([C@@H](C)OC)N(C)C(=O)O)cc2)c2ccccc2)cc1)N(C)C(=O)O. The molecule has 0 unspecified atom stereocenters. The molecule has 2 aliphatic rings. The number of hydrogen-bond donors (Lipinski definition) is 4. The number of rotatable bonds is 17. The van der Waals surface area contributed by atoms with E-state index >= 15 is 0 Å². The Hall–Kier alpha value is -6.20. The summed E-state index contributed by atoms with van der Waals surface area (Å²) in [7, 11) is 5.35. The van der Waals surface area contributed by atoms with Crippen LogP contribution < -0.4 is 16.4 Å². The van der Waals surface area contributed by atoms with Crippen molar-refractivity contribution in [2.24, 2.45) is 11.5 Å². The molecule has 6 amide bonds. The Morgan fingerprint density at radius 1 is 0.639 bits per heavy atom. The van der Waals surface area contributed by atoms with Crippen LogP contribution in [0.5, 0.6) is 0 Å². The van der Waals surface area contributed by atoms with E-state index in [1.54, 1.807) is 38.1 Å². The second-order valence-corrected chi connectivity index (χ2v) is 15.8. The lowest BCUT2D eigenvalue weighted by molar-refractivity contribution is -0.151. The van der Waals surface area contributed by atoms with Crippen molar-refractivity contribution >= 4 is 41.5 Å². The standard InChI is InChI=1S/C44H57N7O10/c1-28(60-5)35(47(3)41(56)57)37(52)50-24-10-22-43(50,39(45)54)32-18-14-30(15-19-32)26-49(34-12-8-7-9-13-34)27-31-16-20-33(21-17-31)44(40(46)55)23-11-25-51(44)38(53)36(29(2)61-6)48(4)42(58)59/h7-9,12-21,28-29,35-36H,10-11,22-27H2,1-6H3,(H2,45,54)(H2,46,55)(H,56,57)(H,58,59)/t28-,29-,35+,36+,43+,44+/m1/s1. The Labute approximate surface area is 355 Å². The van der Waals surface area contributed by atoms with E-state index in [0.717, 1.165) is 26.6 Å². The molecule has 2 aliphatic heterocycles. The molecule has 0 spiro atoms. The smallest absolute Gasteiger partial charge is 0.407 e. The van der Waals surface area contributed by atoms with E-state index in [0.29, 0.717) is 37.1 Å². The molecule has 17 nitrogen and oxygen atoms in total. The number of carbonyl (C=O) groups excluding carboxylic acids is 4. The Balaban J connectivity index is 1.42. The third-order valence-corrected chi connectivity index (χ3v) is 12.4. The monoisotopic (exact) mass is 843 g/mol. The van der Waals surface area contributed by atoms with E-state index in [-0.39, 0.29) is 25.9 Å².